The molecule has 1 aromatic heterocycles. The highest BCUT2D eigenvalue weighted by atomic mass is 32.1. The summed E-state index contributed by atoms with van der Waals surface area (Å²) in [5, 5.41) is 15.1. The van der Waals surface area contributed by atoms with E-state index in [1.807, 2.05) is 32.9 Å². The zero-order chi connectivity index (χ0) is 13.5. The Morgan fingerprint density at radius 2 is 2.11 bits per heavy atom. The molecule has 5 heteroatoms. The predicted molar refractivity (Wildman–Crippen MR) is 74.8 cm³/mol. The molecule has 102 valence electrons. The van der Waals surface area contributed by atoms with Crippen LogP contribution in [0.3, 0.4) is 0 Å². The third kappa shape index (κ3) is 6.02. The first-order valence-electron chi connectivity index (χ1n) is 6.22. The molecular formula is C13H22N2O2S. The lowest BCUT2D eigenvalue weighted by Crippen LogP contribution is -2.39. The van der Waals surface area contributed by atoms with E-state index in [9.17, 15) is 9.90 Å². The van der Waals surface area contributed by atoms with Gasteiger partial charge in [0.05, 0.1) is 12.6 Å². The SMILES string of the molecule is Cc1ccc(CNC(=O)NCC(O)CC(C)C)s1. The average Bonchev–Trinajstić information content (AvgIpc) is 2.69. The monoisotopic (exact) mass is 270 g/mol. The van der Waals surface area contributed by atoms with Crippen LogP contribution in [0.25, 0.3) is 0 Å². The van der Waals surface area contributed by atoms with Crippen molar-refractivity contribution in [3.05, 3.63) is 21.9 Å². The summed E-state index contributed by atoms with van der Waals surface area (Å²) in [5.74, 6) is 0.430. The summed E-state index contributed by atoms with van der Waals surface area (Å²) in [6, 6.07) is 3.81. The molecule has 0 saturated heterocycles. The molecule has 4 nitrogen and oxygen atoms in total. The van der Waals surface area contributed by atoms with Gasteiger partial charge in [-0.25, -0.2) is 4.79 Å². The van der Waals surface area contributed by atoms with Crippen molar-refractivity contribution in [2.75, 3.05) is 6.54 Å². The first kappa shape index (κ1) is 15.0. The van der Waals surface area contributed by atoms with Gasteiger partial charge in [0.25, 0.3) is 0 Å². The molecule has 0 bridgehead atoms. The highest BCUT2D eigenvalue weighted by Crippen LogP contribution is 2.14. The summed E-state index contributed by atoms with van der Waals surface area (Å²) in [6.45, 7) is 6.96. The van der Waals surface area contributed by atoms with Crippen molar-refractivity contribution >= 4 is 17.4 Å². The Balaban J connectivity index is 2.18. The molecule has 3 N–H and O–H groups in total. The van der Waals surface area contributed by atoms with E-state index in [0.717, 1.165) is 4.88 Å². The molecule has 0 aliphatic carbocycles. The molecule has 0 radical (unpaired) electrons. The molecule has 0 fully saturated rings. The molecule has 0 saturated carbocycles. The molecule has 1 aromatic rings. The molecular weight excluding hydrogens is 248 g/mol. The van der Waals surface area contributed by atoms with Crippen LogP contribution in [-0.4, -0.2) is 23.8 Å². The smallest absolute Gasteiger partial charge is 0.315 e. The fraction of sp³-hybridized carbons (Fsp3) is 0.615. The number of thiophene rings is 1. The molecule has 0 aromatic carbocycles. The molecule has 0 aliphatic heterocycles. The van der Waals surface area contributed by atoms with Crippen molar-refractivity contribution in [1.29, 1.82) is 0 Å². The molecule has 1 atom stereocenters. The third-order valence-electron chi connectivity index (χ3n) is 2.46. The van der Waals surface area contributed by atoms with Gasteiger partial charge in [0.15, 0.2) is 0 Å². The number of carbonyl (C=O) groups excluding carboxylic acids is 1. The van der Waals surface area contributed by atoms with Crippen LogP contribution < -0.4 is 10.6 Å². The molecule has 18 heavy (non-hydrogen) atoms. The molecule has 0 aliphatic rings. The van der Waals surface area contributed by atoms with Crippen LogP contribution >= 0.6 is 11.3 Å². The number of nitrogens with one attached hydrogen (secondary N) is 2. The van der Waals surface area contributed by atoms with Crippen LogP contribution in [0.4, 0.5) is 4.79 Å². The number of rotatable bonds is 6. The zero-order valence-corrected chi connectivity index (χ0v) is 12.0. The molecule has 1 heterocycles. The van der Waals surface area contributed by atoms with E-state index < -0.39 is 6.10 Å². The maximum atomic E-state index is 11.5. The Labute approximate surface area is 112 Å². The van der Waals surface area contributed by atoms with Crippen LogP contribution in [0.15, 0.2) is 12.1 Å². The number of aliphatic hydroxyl groups is 1. The number of aryl methyl sites for hydroxylation is 1. The molecule has 0 spiro atoms. The second-order valence-electron chi connectivity index (χ2n) is 4.86. The lowest BCUT2D eigenvalue weighted by molar-refractivity contribution is 0.147. The van der Waals surface area contributed by atoms with Crippen LogP contribution in [0.2, 0.25) is 0 Å². The zero-order valence-electron chi connectivity index (χ0n) is 11.2. The van der Waals surface area contributed by atoms with Gasteiger partial charge in [-0.1, -0.05) is 13.8 Å². The van der Waals surface area contributed by atoms with Gasteiger partial charge in [0.2, 0.25) is 0 Å². The van der Waals surface area contributed by atoms with E-state index >= 15 is 0 Å². The van der Waals surface area contributed by atoms with Gasteiger partial charge in [-0.05, 0) is 31.4 Å². The van der Waals surface area contributed by atoms with Crippen LogP contribution in [-0.2, 0) is 6.54 Å². The normalized spacial score (nSPS) is 12.5. The van der Waals surface area contributed by atoms with Crippen molar-refractivity contribution < 1.29 is 9.90 Å². The first-order valence-corrected chi connectivity index (χ1v) is 7.04. The highest BCUT2D eigenvalue weighted by Gasteiger charge is 2.08. The van der Waals surface area contributed by atoms with Crippen molar-refractivity contribution in [3.8, 4) is 0 Å². The van der Waals surface area contributed by atoms with E-state index in [1.54, 1.807) is 11.3 Å². The Morgan fingerprint density at radius 3 is 2.67 bits per heavy atom. The Hall–Kier alpha value is -1.07. The van der Waals surface area contributed by atoms with Crippen molar-refractivity contribution in [2.24, 2.45) is 5.92 Å². The topological polar surface area (TPSA) is 61.4 Å². The number of amides is 2. The minimum absolute atomic E-state index is 0.233. The highest BCUT2D eigenvalue weighted by molar-refractivity contribution is 7.11. The average molecular weight is 270 g/mol. The fourth-order valence-electron chi connectivity index (χ4n) is 1.65. The summed E-state index contributed by atoms with van der Waals surface area (Å²) in [4.78, 5) is 13.9. The fourth-order valence-corrected chi connectivity index (χ4v) is 2.48. The summed E-state index contributed by atoms with van der Waals surface area (Å²) < 4.78 is 0. The van der Waals surface area contributed by atoms with E-state index in [-0.39, 0.29) is 6.03 Å². The van der Waals surface area contributed by atoms with Gasteiger partial charge in [0, 0.05) is 16.3 Å². The quantitative estimate of drug-likeness (QED) is 0.742. The van der Waals surface area contributed by atoms with Crippen molar-refractivity contribution in [3.63, 3.8) is 0 Å². The number of urea groups is 1. The van der Waals surface area contributed by atoms with Crippen LogP contribution in [0, 0.1) is 12.8 Å². The number of aliphatic hydroxyl groups excluding tert-OH is 1. The largest absolute Gasteiger partial charge is 0.391 e. The maximum absolute atomic E-state index is 11.5. The second kappa shape index (κ2) is 7.38. The standard InChI is InChI=1S/C13H22N2O2S/c1-9(2)6-11(16)7-14-13(17)15-8-12-5-4-10(3)18-12/h4-5,9,11,16H,6-8H2,1-3H3,(H2,14,15,17). The summed E-state index contributed by atoms with van der Waals surface area (Å²) in [7, 11) is 0. The van der Waals surface area contributed by atoms with Gasteiger partial charge >= 0.3 is 6.03 Å². The minimum Gasteiger partial charge on any atom is -0.391 e. The molecule has 2 amide bonds. The van der Waals surface area contributed by atoms with E-state index in [0.29, 0.717) is 25.4 Å². The third-order valence-corrected chi connectivity index (χ3v) is 3.46. The van der Waals surface area contributed by atoms with E-state index in [4.69, 9.17) is 0 Å². The lowest BCUT2D eigenvalue weighted by atomic mass is 10.1. The summed E-state index contributed by atoms with van der Waals surface area (Å²) in [5.41, 5.74) is 0. The summed E-state index contributed by atoms with van der Waals surface area (Å²) >= 11 is 1.67. The Bertz CT molecular complexity index is 377. The summed E-state index contributed by atoms with van der Waals surface area (Å²) in [6.07, 6.45) is 0.226. The molecule has 1 unspecified atom stereocenters. The maximum Gasteiger partial charge on any atom is 0.315 e. The number of carbonyl (C=O) groups is 1. The lowest BCUT2D eigenvalue weighted by Gasteiger charge is -2.14. The van der Waals surface area contributed by atoms with Gasteiger partial charge < -0.3 is 15.7 Å². The first-order chi connectivity index (χ1) is 8.47. The molecule has 1 rings (SSSR count). The van der Waals surface area contributed by atoms with E-state index in [1.165, 1.54) is 4.88 Å². The Kier molecular flexibility index (Phi) is 6.15. The van der Waals surface area contributed by atoms with Gasteiger partial charge in [-0.15, -0.1) is 11.3 Å². The Morgan fingerprint density at radius 1 is 1.39 bits per heavy atom. The predicted octanol–water partition coefficient (Wildman–Crippen LogP) is 2.26. The van der Waals surface area contributed by atoms with E-state index in [2.05, 4.69) is 10.6 Å². The van der Waals surface area contributed by atoms with Crippen LogP contribution in [0.5, 0.6) is 0 Å². The van der Waals surface area contributed by atoms with Crippen molar-refractivity contribution in [2.45, 2.75) is 39.8 Å². The van der Waals surface area contributed by atoms with Crippen LogP contribution in [0.1, 0.15) is 30.0 Å². The minimum atomic E-state index is -0.472. The van der Waals surface area contributed by atoms with Gasteiger partial charge in [0.1, 0.15) is 0 Å². The second-order valence-corrected chi connectivity index (χ2v) is 6.23. The number of hydrogen-bond donors (Lipinski definition) is 3. The number of hydrogen-bond acceptors (Lipinski definition) is 3. The van der Waals surface area contributed by atoms with Crippen molar-refractivity contribution in [1.82, 2.24) is 10.6 Å². The van der Waals surface area contributed by atoms with Gasteiger partial charge in [-0.2, -0.15) is 0 Å². The van der Waals surface area contributed by atoms with Gasteiger partial charge in [-0.3, -0.25) is 0 Å².